The van der Waals surface area contributed by atoms with Gasteiger partial charge in [-0.1, -0.05) is 24.8 Å². The lowest BCUT2D eigenvalue weighted by molar-refractivity contribution is -0.108. The van der Waals surface area contributed by atoms with E-state index in [0.29, 0.717) is 5.30 Å². The van der Waals surface area contributed by atoms with Gasteiger partial charge >= 0.3 is 0 Å². The molecule has 0 amide bonds. The molecule has 1 aromatic rings. The quantitative estimate of drug-likeness (QED) is 0.563. The molecule has 1 atom stereocenters. The van der Waals surface area contributed by atoms with Crippen molar-refractivity contribution in [3.63, 3.8) is 0 Å². The predicted octanol–water partition coefficient (Wildman–Crippen LogP) is 1.95. The Hall–Kier alpha value is -1.18. The van der Waals surface area contributed by atoms with Crippen molar-refractivity contribution in [2.45, 2.75) is 0 Å². The van der Waals surface area contributed by atoms with E-state index < -0.39 is 12.9 Å². The lowest BCUT2D eigenvalue weighted by Gasteiger charge is -2.12. The fourth-order valence-electron chi connectivity index (χ4n) is 1.07. The fraction of sp³-hybridized carbons (Fsp3) is 0.100. The second-order valence-corrected chi connectivity index (χ2v) is 5.04. The molecule has 0 spiro atoms. The normalized spacial score (nSPS) is 14.4. The first kappa shape index (κ1) is 10.9. The minimum absolute atomic E-state index is 0.396. The van der Waals surface area contributed by atoms with Crippen LogP contribution in [0.2, 0.25) is 0 Å². The van der Waals surface area contributed by atoms with Crippen LogP contribution in [0.3, 0.4) is 0 Å². The predicted molar refractivity (Wildman–Crippen MR) is 55.9 cm³/mol. The van der Waals surface area contributed by atoms with Crippen LogP contribution in [0.1, 0.15) is 0 Å². The average molecular weight is 210 g/mol. The standard InChI is InChI=1S/C10H11O3P/c1-3-10(11)14(12,13-2)9-7-5-4-6-8-9/h3-8H,1H2,2H3. The van der Waals surface area contributed by atoms with Crippen LogP contribution >= 0.6 is 7.37 Å². The largest absolute Gasteiger partial charge is 0.323 e. The highest BCUT2D eigenvalue weighted by Crippen LogP contribution is 2.45. The van der Waals surface area contributed by atoms with Crippen molar-refractivity contribution in [3.05, 3.63) is 43.0 Å². The fourth-order valence-corrected chi connectivity index (χ4v) is 2.52. The van der Waals surface area contributed by atoms with E-state index in [1.54, 1.807) is 30.3 Å². The summed E-state index contributed by atoms with van der Waals surface area (Å²) in [6, 6.07) is 8.40. The Bertz CT molecular complexity index is 384. The molecule has 1 unspecified atom stereocenters. The van der Waals surface area contributed by atoms with Gasteiger partial charge in [0.1, 0.15) is 0 Å². The van der Waals surface area contributed by atoms with Crippen LogP contribution in [0, 0.1) is 0 Å². The van der Waals surface area contributed by atoms with Crippen LogP contribution in [0.4, 0.5) is 0 Å². The van der Waals surface area contributed by atoms with Crippen LogP contribution in [0.5, 0.6) is 0 Å². The molecule has 14 heavy (non-hydrogen) atoms. The van der Waals surface area contributed by atoms with Gasteiger partial charge in [0.05, 0.1) is 0 Å². The van der Waals surface area contributed by atoms with E-state index in [9.17, 15) is 9.36 Å². The minimum Gasteiger partial charge on any atom is -0.323 e. The third kappa shape index (κ3) is 1.84. The van der Waals surface area contributed by atoms with E-state index in [1.807, 2.05) is 0 Å². The zero-order valence-electron chi connectivity index (χ0n) is 7.84. The van der Waals surface area contributed by atoms with Crippen molar-refractivity contribution in [1.82, 2.24) is 0 Å². The monoisotopic (exact) mass is 210 g/mol. The van der Waals surface area contributed by atoms with Crippen molar-refractivity contribution < 1.29 is 13.9 Å². The third-order valence-corrected chi connectivity index (χ3v) is 4.07. The van der Waals surface area contributed by atoms with Gasteiger partial charge in [-0.25, -0.2) is 0 Å². The second kappa shape index (κ2) is 4.36. The van der Waals surface area contributed by atoms with Gasteiger partial charge in [-0.15, -0.1) is 0 Å². The Morgan fingerprint density at radius 1 is 1.43 bits per heavy atom. The minimum atomic E-state index is -3.40. The van der Waals surface area contributed by atoms with Crippen LogP contribution < -0.4 is 5.30 Å². The van der Waals surface area contributed by atoms with Gasteiger partial charge in [0.25, 0.3) is 7.37 Å². The van der Waals surface area contributed by atoms with Gasteiger partial charge in [-0.05, 0) is 18.2 Å². The van der Waals surface area contributed by atoms with Crippen molar-refractivity contribution in [1.29, 1.82) is 0 Å². The molecular formula is C10H11O3P. The Labute approximate surface area is 82.9 Å². The number of carbonyl (C=O) groups is 1. The number of hydrogen-bond acceptors (Lipinski definition) is 3. The summed E-state index contributed by atoms with van der Waals surface area (Å²) in [6.45, 7) is 3.30. The molecule has 0 saturated carbocycles. The van der Waals surface area contributed by atoms with E-state index in [0.717, 1.165) is 6.08 Å². The van der Waals surface area contributed by atoms with Crippen LogP contribution in [0.25, 0.3) is 0 Å². The number of carbonyl (C=O) groups excluding carboxylic acids is 1. The molecule has 3 nitrogen and oxygen atoms in total. The maximum Gasteiger partial charge on any atom is 0.299 e. The SMILES string of the molecule is C=CC(=O)P(=O)(OC)c1ccccc1. The Morgan fingerprint density at radius 2 is 2.00 bits per heavy atom. The van der Waals surface area contributed by atoms with Crippen LogP contribution in [-0.4, -0.2) is 12.6 Å². The first-order valence-electron chi connectivity index (χ1n) is 4.03. The summed E-state index contributed by atoms with van der Waals surface area (Å²) < 4.78 is 16.9. The lowest BCUT2D eigenvalue weighted by atomic mass is 10.4. The number of allylic oxidation sites excluding steroid dienone is 1. The van der Waals surface area contributed by atoms with Gasteiger partial charge in [0, 0.05) is 12.4 Å². The van der Waals surface area contributed by atoms with Crippen molar-refractivity contribution in [2.75, 3.05) is 7.11 Å². The number of rotatable bonds is 4. The Balaban J connectivity index is 3.22. The third-order valence-electron chi connectivity index (χ3n) is 1.82. The molecule has 0 radical (unpaired) electrons. The second-order valence-electron chi connectivity index (χ2n) is 2.61. The first-order valence-corrected chi connectivity index (χ1v) is 5.66. The Morgan fingerprint density at radius 3 is 2.43 bits per heavy atom. The van der Waals surface area contributed by atoms with Gasteiger partial charge in [0.15, 0.2) is 0 Å². The molecule has 0 aliphatic carbocycles. The maximum atomic E-state index is 12.1. The summed E-state index contributed by atoms with van der Waals surface area (Å²) >= 11 is 0. The summed E-state index contributed by atoms with van der Waals surface area (Å²) in [5, 5.41) is 0.396. The molecule has 1 rings (SSSR count). The first-order chi connectivity index (χ1) is 6.65. The summed E-state index contributed by atoms with van der Waals surface area (Å²) in [6.07, 6.45) is 1.03. The summed E-state index contributed by atoms with van der Waals surface area (Å²) in [4.78, 5) is 11.4. The molecule has 0 heterocycles. The van der Waals surface area contributed by atoms with Crippen LogP contribution in [-0.2, 0) is 13.9 Å². The van der Waals surface area contributed by atoms with Gasteiger partial charge in [0.2, 0.25) is 5.52 Å². The maximum absolute atomic E-state index is 12.1. The number of benzene rings is 1. The van der Waals surface area contributed by atoms with E-state index in [-0.39, 0.29) is 0 Å². The molecular weight excluding hydrogens is 199 g/mol. The molecule has 0 aliphatic rings. The summed E-state index contributed by atoms with van der Waals surface area (Å²) in [5.74, 6) is 0. The highest BCUT2D eigenvalue weighted by atomic mass is 31.2. The van der Waals surface area contributed by atoms with Gasteiger partial charge in [-0.3, -0.25) is 9.36 Å². The average Bonchev–Trinajstić information content (AvgIpc) is 2.28. The van der Waals surface area contributed by atoms with E-state index in [2.05, 4.69) is 6.58 Å². The van der Waals surface area contributed by atoms with Crippen molar-refractivity contribution in [3.8, 4) is 0 Å². The highest BCUT2D eigenvalue weighted by molar-refractivity contribution is 7.83. The van der Waals surface area contributed by atoms with Crippen LogP contribution in [0.15, 0.2) is 43.0 Å². The molecule has 1 aromatic carbocycles. The van der Waals surface area contributed by atoms with Gasteiger partial charge < -0.3 is 4.52 Å². The molecule has 0 bridgehead atoms. The molecule has 4 heteroatoms. The number of hydrogen-bond donors (Lipinski definition) is 0. The highest BCUT2D eigenvalue weighted by Gasteiger charge is 2.31. The molecule has 0 aliphatic heterocycles. The van der Waals surface area contributed by atoms with Crippen molar-refractivity contribution in [2.24, 2.45) is 0 Å². The molecule has 0 N–H and O–H groups in total. The van der Waals surface area contributed by atoms with E-state index in [1.165, 1.54) is 7.11 Å². The van der Waals surface area contributed by atoms with E-state index >= 15 is 0 Å². The molecule has 0 aromatic heterocycles. The lowest BCUT2D eigenvalue weighted by Crippen LogP contribution is -2.12. The molecule has 0 fully saturated rings. The van der Waals surface area contributed by atoms with Crippen molar-refractivity contribution >= 4 is 18.2 Å². The topological polar surface area (TPSA) is 43.4 Å². The smallest absolute Gasteiger partial charge is 0.299 e. The Kier molecular flexibility index (Phi) is 3.39. The zero-order valence-corrected chi connectivity index (χ0v) is 8.74. The molecule has 74 valence electrons. The van der Waals surface area contributed by atoms with E-state index in [4.69, 9.17) is 4.52 Å². The zero-order chi connectivity index (χ0) is 10.6. The summed E-state index contributed by atoms with van der Waals surface area (Å²) in [5.41, 5.74) is -0.578. The summed E-state index contributed by atoms with van der Waals surface area (Å²) in [7, 11) is -2.14. The molecule has 0 saturated heterocycles. The van der Waals surface area contributed by atoms with Gasteiger partial charge in [-0.2, -0.15) is 0 Å².